The second-order valence-electron chi connectivity index (χ2n) is 13.1. The molecule has 1 aromatic carbocycles. The Morgan fingerprint density at radius 1 is 1.05 bits per heavy atom. The highest BCUT2D eigenvalue weighted by atomic mass is 16.5. The zero-order valence-corrected chi connectivity index (χ0v) is 26.8. The van der Waals surface area contributed by atoms with Crippen molar-refractivity contribution in [3.8, 4) is 5.75 Å². The number of anilines is 1. The molecular formula is C34H50N6O3. The van der Waals surface area contributed by atoms with Gasteiger partial charge in [0, 0.05) is 70.6 Å². The summed E-state index contributed by atoms with van der Waals surface area (Å²) in [5.74, 6) is 3.00. The summed E-state index contributed by atoms with van der Waals surface area (Å²) in [4.78, 5) is 29.8. The van der Waals surface area contributed by atoms with Crippen LogP contribution in [0.5, 0.6) is 5.75 Å². The summed E-state index contributed by atoms with van der Waals surface area (Å²) >= 11 is 0. The lowest BCUT2D eigenvalue weighted by Gasteiger charge is -2.41. The van der Waals surface area contributed by atoms with Gasteiger partial charge in [0.25, 0.3) is 0 Å². The fourth-order valence-corrected chi connectivity index (χ4v) is 6.67. The zero-order chi connectivity index (χ0) is 30.4. The summed E-state index contributed by atoms with van der Waals surface area (Å²) in [5.41, 5.74) is 2.22. The molecule has 2 aromatic heterocycles. The van der Waals surface area contributed by atoms with E-state index in [0.29, 0.717) is 25.0 Å². The monoisotopic (exact) mass is 590 g/mol. The number of hydrogen-bond acceptors (Lipinski definition) is 7. The SMILES string of the molecule is CCOc1cccc(Cn2ccc3c(N4CCN(C(=O)C5CCC(CN(CCOC)C(C)(C)C)CC5)CC4)ncnc32)c1. The Bertz CT molecular complexity index is 1340. The van der Waals surface area contributed by atoms with Gasteiger partial charge in [0.1, 0.15) is 23.5 Å². The van der Waals surface area contributed by atoms with E-state index >= 15 is 0 Å². The van der Waals surface area contributed by atoms with Crippen molar-refractivity contribution in [2.24, 2.45) is 11.8 Å². The summed E-state index contributed by atoms with van der Waals surface area (Å²) < 4.78 is 13.2. The van der Waals surface area contributed by atoms with Crippen molar-refractivity contribution in [2.75, 3.05) is 64.5 Å². The average molecular weight is 591 g/mol. The van der Waals surface area contributed by atoms with E-state index in [9.17, 15) is 4.79 Å². The third kappa shape index (κ3) is 7.68. The molecule has 1 saturated heterocycles. The van der Waals surface area contributed by atoms with Crippen LogP contribution < -0.4 is 9.64 Å². The number of piperazine rings is 1. The molecule has 0 unspecified atom stereocenters. The van der Waals surface area contributed by atoms with Gasteiger partial charge in [-0.05, 0) is 83.1 Å². The first-order valence-corrected chi connectivity index (χ1v) is 16.1. The predicted octanol–water partition coefficient (Wildman–Crippen LogP) is 5.08. The van der Waals surface area contributed by atoms with E-state index in [1.807, 2.05) is 19.1 Å². The minimum atomic E-state index is 0.123. The number of amides is 1. The number of benzene rings is 1. The number of methoxy groups -OCH3 is 1. The molecule has 0 bridgehead atoms. The number of nitrogens with zero attached hydrogens (tertiary/aromatic N) is 6. The molecule has 3 heterocycles. The van der Waals surface area contributed by atoms with Crippen LogP contribution in [-0.2, 0) is 16.1 Å². The van der Waals surface area contributed by atoms with E-state index in [-0.39, 0.29) is 11.5 Å². The molecule has 1 aliphatic heterocycles. The Kier molecular flexibility index (Phi) is 10.2. The van der Waals surface area contributed by atoms with E-state index in [0.717, 1.165) is 94.2 Å². The highest BCUT2D eigenvalue weighted by Crippen LogP contribution is 2.33. The predicted molar refractivity (Wildman–Crippen MR) is 172 cm³/mol. The van der Waals surface area contributed by atoms with Crippen LogP contribution in [0.15, 0.2) is 42.9 Å². The molecule has 2 fully saturated rings. The number of hydrogen-bond donors (Lipinski definition) is 0. The molecule has 43 heavy (non-hydrogen) atoms. The third-order valence-corrected chi connectivity index (χ3v) is 9.18. The molecule has 0 atom stereocenters. The van der Waals surface area contributed by atoms with Gasteiger partial charge in [-0.2, -0.15) is 0 Å². The maximum absolute atomic E-state index is 13.5. The van der Waals surface area contributed by atoms with Gasteiger partial charge < -0.3 is 23.8 Å². The van der Waals surface area contributed by atoms with Gasteiger partial charge in [0.2, 0.25) is 5.91 Å². The first kappa shape index (κ1) is 31.3. The lowest BCUT2D eigenvalue weighted by Crippen LogP contribution is -2.51. The highest BCUT2D eigenvalue weighted by Gasteiger charge is 2.33. The Hall–Kier alpha value is -3.17. The first-order valence-electron chi connectivity index (χ1n) is 16.1. The Balaban J connectivity index is 1.15. The van der Waals surface area contributed by atoms with E-state index in [1.54, 1.807) is 13.4 Å². The van der Waals surface area contributed by atoms with Crippen LogP contribution >= 0.6 is 0 Å². The first-order chi connectivity index (χ1) is 20.8. The molecule has 3 aromatic rings. The molecule has 2 aliphatic rings. The molecule has 9 heteroatoms. The van der Waals surface area contributed by atoms with Crippen LogP contribution in [0.25, 0.3) is 11.0 Å². The van der Waals surface area contributed by atoms with Crippen LogP contribution in [0.1, 0.15) is 58.9 Å². The van der Waals surface area contributed by atoms with Crippen molar-refractivity contribution in [3.63, 3.8) is 0 Å². The Labute approximate surface area is 257 Å². The molecular weight excluding hydrogens is 540 g/mol. The van der Waals surface area contributed by atoms with Crippen molar-refractivity contribution < 1.29 is 14.3 Å². The Morgan fingerprint density at radius 3 is 2.51 bits per heavy atom. The third-order valence-electron chi connectivity index (χ3n) is 9.18. The fourth-order valence-electron chi connectivity index (χ4n) is 6.67. The van der Waals surface area contributed by atoms with Crippen LogP contribution in [0, 0.1) is 11.8 Å². The smallest absolute Gasteiger partial charge is 0.225 e. The van der Waals surface area contributed by atoms with E-state index in [4.69, 9.17) is 9.47 Å². The average Bonchev–Trinajstić information content (AvgIpc) is 3.42. The zero-order valence-electron chi connectivity index (χ0n) is 26.8. The van der Waals surface area contributed by atoms with Crippen molar-refractivity contribution in [2.45, 2.75) is 65.5 Å². The van der Waals surface area contributed by atoms with Crippen LogP contribution in [0.2, 0.25) is 0 Å². The minimum Gasteiger partial charge on any atom is -0.494 e. The van der Waals surface area contributed by atoms with E-state index < -0.39 is 0 Å². The number of carbonyl (C=O) groups excluding carboxylic acids is 1. The lowest BCUT2D eigenvalue weighted by atomic mass is 9.80. The van der Waals surface area contributed by atoms with Gasteiger partial charge in [-0.25, -0.2) is 9.97 Å². The largest absolute Gasteiger partial charge is 0.494 e. The molecule has 1 amide bonds. The molecule has 0 radical (unpaired) electrons. The van der Waals surface area contributed by atoms with Crippen LogP contribution in [0.3, 0.4) is 0 Å². The van der Waals surface area contributed by atoms with Gasteiger partial charge >= 0.3 is 0 Å². The molecule has 9 nitrogen and oxygen atoms in total. The molecule has 1 aliphatic carbocycles. The molecule has 234 valence electrons. The number of fused-ring (bicyclic) bond motifs is 1. The van der Waals surface area contributed by atoms with Gasteiger partial charge in [-0.15, -0.1) is 0 Å². The number of ether oxygens (including phenoxy) is 2. The maximum Gasteiger partial charge on any atom is 0.225 e. The van der Waals surface area contributed by atoms with Crippen LogP contribution in [-0.4, -0.2) is 95.4 Å². The Morgan fingerprint density at radius 2 is 1.81 bits per heavy atom. The van der Waals surface area contributed by atoms with Gasteiger partial charge in [-0.3, -0.25) is 9.69 Å². The van der Waals surface area contributed by atoms with Crippen molar-refractivity contribution in [1.29, 1.82) is 0 Å². The van der Waals surface area contributed by atoms with Crippen molar-refractivity contribution >= 4 is 22.8 Å². The quantitative estimate of drug-likeness (QED) is 0.308. The van der Waals surface area contributed by atoms with Crippen LogP contribution in [0.4, 0.5) is 5.82 Å². The normalized spacial score (nSPS) is 19.8. The lowest BCUT2D eigenvalue weighted by molar-refractivity contribution is -0.137. The van der Waals surface area contributed by atoms with E-state index in [1.165, 1.54) is 5.56 Å². The summed E-state index contributed by atoms with van der Waals surface area (Å²) in [6, 6.07) is 10.3. The molecule has 1 saturated carbocycles. The second-order valence-corrected chi connectivity index (χ2v) is 13.1. The number of rotatable bonds is 11. The molecule has 5 rings (SSSR count). The summed E-state index contributed by atoms with van der Waals surface area (Å²) in [6.07, 6.45) is 8.00. The fraction of sp³-hybridized carbons (Fsp3) is 0.618. The summed E-state index contributed by atoms with van der Waals surface area (Å²) in [7, 11) is 1.77. The number of carbonyl (C=O) groups is 1. The summed E-state index contributed by atoms with van der Waals surface area (Å²) in [5, 5.41) is 1.05. The number of aromatic nitrogens is 3. The van der Waals surface area contributed by atoms with Gasteiger partial charge in [0.15, 0.2) is 0 Å². The minimum absolute atomic E-state index is 0.123. The summed E-state index contributed by atoms with van der Waals surface area (Å²) in [6.45, 7) is 16.1. The molecule has 0 N–H and O–H groups in total. The standard InChI is InChI=1S/C34H50N6O3/c1-6-43-29-9-7-8-27(22-29)23-39-15-14-30-31(35-25-36-32(30)39)37-16-18-38(19-17-37)33(41)28-12-10-26(11-13-28)24-40(20-21-42-5)34(2,3)4/h7-9,14-15,22,25-26,28H,6,10-13,16-21,23-24H2,1-5H3. The molecule has 0 spiro atoms. The second kappa shape index (κ2) is 14.1. The van der Waals surface area contributed by atoms with Gasteiger partial charge in [0.05, 0.1) is 18.6 Å². The van der Waals surface area contributed by atoms with Gasteiger partial charge in [-0.1, -0.05) is 12.1 Å². The van der Waals surface area contributed by atoms with Crippen molar-refractivity contribution in [1.82, 2.24) is 24.3 Å². The topological polar surface area (TPSA) is 76.0 Å². The highest BCUT2D eigenvalue weighted by molar-refractivity contribution is 5.88. The van der Waals surface area contributed by atoms with E-state index in [2.05, 4.69) is 74.4 Å². The van der Waals surface area contributed by atoms with Crippen molar-refractivity contribution in [3.05, 3.63) is 48.4 Å². The maximum atomic E-state index is 13.5.